The van der Waals surface area contributed by atoms with Crippen LogP contribution in [0.4, 0.5) is 10.5 Å². The summed E-state index contributed by atoms with van der Waals surface area (Å²) in [5, 5.41) is 9.79. The number of nitrogens with zero attached hydrogens (tertiary/aromatic N) is 6. The molecule has 8 rings (SSSR count). The highest BCUT2D eigenvalue weighted by molar-refractivity contribution is 5.95. The van der Waals surface area contributed by atoms with E-state index in [1.807, 2.05) is 72.6 Å². The predicted octanol–water partition coefficient (Wildman–Crippen LogP) is 8.19. The van der Waals surface area contributed by atoms with Crippen molar-refractivity contribution in [2.75, 3.05) is 39.1 Å². The summed E-state index contributed by atoms with van der Waals surface area (Å²) in [4.78, 5) is 62.6. The Morgan fingerprint density at radius 1 is 0.667 bits per heavy atom. The van der Waals surface area contributed by atoms with E-state index in [1.165, 1.54) is 7.05 Å². The fourth-order valence-corrected chi connectivity index (χ4v) is 8.10. The number of carboxylic acid groups (broad SMARTS) is 1. The Kier molecular flexibility index (Phi) is 10.3. The summed E-state index contributed by atoms with van der Waals surface area (Å²) in [6.07, 6.45) is 5.81. The summed E-state index contributed by atoms with van der Waals surface area (Å²) >= 11 is 0. The van der Waals surface area contributed by atoms with Gasteiger partial charge in [0.2, 0.25) is 0 Å². The number of H-pyrrole nitrogens is 2. The van der Waals surface area contributed by atoms with Gasteiger partial charge in [-0.05, 0) is 77.8 Å². The molecule has 12 nitrogen and oxygen atoms in total. The van der Waals surface area contributed by atoms with Crippen molar-refractivity contribution in [2.24, 2.45) is 0 Å². The third-order valence-electron chi connectivity index (χ3n) is 11.3. The number of benzene rings is 4. The fraction of sp³-hybridized carbons (Fsp3) is 0.267. The Morgan fingerprint density at radius 3 is 1.67 bits per heavy atom. The molecule has 2 aliphatic rings. The fourth-order valence-electron chi connectivity index (χ4n) is 8.10. The van der Waals surface area contributed by atoms with Crippen LogP contribution in [0.5, 0.6) is 0 Å². The van der Waals surface area contributed by atoms with Crippen molar-refractivity contribution >= 4 is 23.6 Å². The molecule has 2 fully saturated rings. The summed E-state index contributed by atoms with van der Waals surface area (Å²) in [5.74, 6) is 1.25. The van der Waals surface area contributed by atoms with E-state index in [1.54, 1.807) is 23.2 Å². The molecule has 57 heavy (non-hydrogen) atoms. The summed E-state index contributed by atoms with van der Waals surface area (Å²) in [5.41, 5.74) is 8.23. The van der Waals surface area contributed by atoms with Gasteiger partial charge in [0, 0.05) is 45.5 Å². The Labute approximate surface area is 331 Å². The van der Waals surface area contributed by atoms with Gasteiger partial charge in [0.25, 0.3) is 11.8 Å². The van der Waals surface area contributed by atoms with Crippen LogP contribution in [0.2, 0.25) is 0 Å². The second kappa shape index (κ2) is 15.8. The number of likely N-dealkylation sites (tertiary alicyclic amines) is 2. The van der Waals surface area contributed by atoms with Gasteiger partial charge in [0.15, 0.2) is 0 Å². The van der Waals surface area contributed by atoms with Crippen molar-refractivity contribution in [3.63, 3.8) is 0 Å². The molecule has 12 heteroatoms. The Balaban J connectivity index is 0.928. The number of hydrogen-bond acceptors (Lipinski definition) is 6. The smallest absolute Gasteiger partial charge is 0.407 e. The van der Waals surface area contributed by atoms with Crippen molar-refractivity contribution in [1.82, 2.24) is 34.6 Å². The lowest BCUT2D eigenvalue weighted by molar-refractivity contribution is -0.137. The van der Waals surface area contributed by atoms with Crippen LogP contribution in [0.15, 0.2) is 116 Å². The molecule has 4 heterocycles. The summed E-state index contributed by atoms with van der Waals surface area (Å²) in [6.45, 7) is 1.23. The van der Waals surface area contributed by atoms with Gasteiger partial charge in [0.1, 0.15) is 17.7 Å². The maximum atomic E-state index is 13.9. The molecule has 0 radical (unpaired) electrons. The van der Waals surface area contributed by atoms with Crippen LogP contribution in [0.25, 0.3) is 33.6 Å². The van der Waals surface area contributed by atoms with Crippen LogP contribution >= 0.6 is 0 Å². The maximum absolute atomic E-state index is 13.9. The van der Waals surface area contributed by atoms with Crippen molar-refractivity contribution < 1.29 is 19.5 Å². The van der Waals surface area contributed by atoms with Crippen molar-refractivity contribution in [3.8, 4) is 33.6 Å². The number of likely N-dealkylation sites (N-methyl/N-ethyl adjacent to an activating group) is 1. The number of rotatable bonds is 10. The number of aromatic nitrogens is 4. The van der Waals surface area contributed by atoms with Gasteiger partial charge < -0.3 is 29.8 Å². The van der Waals surface area contributed by atoms with Crippen LogP contribution in [0.1, 0.15) is 71.4 Å². The third kappa shape index (κ3) is 7.50. The highest BCUT2D eigenvalue weighted by atomic mass is 16.4. The predicted molar refractivity (Wildman–Crippen MR) is 219 cm³/mol. The van der Waals surface area contributed by atoms with E-state index in [2.05, 4.69) is 58.5 Å². The molecule has 0 unspecified atom stereocenters. The molecule has 3 N–H and O–H groups in total. The maximum Gasteiger partial charge on any atom is 0.407 e. The van der Waals surface area contributed by atoms with Crippen LogP contribution < -0.4 is 4.90 Å². The lowest BCUT2D eigenvalue weighted by Crippen LogP contribution is -2.43. The normalized spacial score (nSPS) is 17.1. The SMILES string of the molecule is CN(C)c1ccc(C(=O)N2CCC[C@H]2c2ncc(-c3ccc(-c4ccc(-c5cnc([C@@H]6CCCN6C(=O)[C@@H](c6ccccc6)N(C)C(=O)O)[nH]5)cc4)cc3)[nH]2)cc1. The molecule has 6 aromatic rings. The zero-order valence-corrected chi connectivity index (χ0v) is 32.3. The standard InChI is InChI=1S/C45H46N8O4/c1-50(2)35-23-21-34(22-24-35)43(54)52-25-7-11-38(52)41-46-27-36(48-41)31-17-13-29(14-18-31)30-15-19-32(20-16-30)37-28-47-42(49-37)39-12-8-26-53(39)44(55)40(51(3)45(56)57)33-9-5-4-6-10-33/h4-6,9-10,13-24,27-28,38-40H,7-8,11-12,25-26H2,1-3H3,(H,46,48)(H,47,49)(H,56,57)/t38-,39-,40+/m0/s1. The average Bonchev–Trinajstić information content (AvgIpc) is 4.08. The lowest BCUT2D eigenvalue weighted by atomic mass is 10.0. The number of carbonyl (C=O) groups is 3. The first-order valence-electron chi connectivity index (χ1n) is 19.4. The number of amides is 3. The second-order valence-corrected chi connectivity index (χ2v) is 15.0. The monoisotopic (exact) mass is 762 g/mol. The van der Waals surface area contributed by atoms with Gasteiger partial charge in [-0.3, -0.25) is 14.5 Å². The summed E-state index contributed by atoms with van der Waals surface area (Å²) in [6, 6.07) is 32.1. The largest absolute Gasteiger partial charge is 0.465 e. The molecule has 3 amide bonds. The van der Waals surface area contributed by atoms with E-state index in [-0.39, 0.29) is 23.9 Å². The second-order valence-electron chi connectivity index (χ2n) is 15.0. The van der Waals surface area contributed by atoms with Crippen LogP contribution in [0.3, 0.4) is 0 Å². The zero-order valence-electron chi connectivity index (χ0n) is 32.3. The quantitative estimate of drug-likeness (QED) is 0.128. The molecule has 2 saturated heterocycles. The van der Waals surface area contributed by atoms with Gasteiger partial charge >= 0.3 is 6.09 Å². The molecule has 2 aliphatic heterocycles. The number of aromatic amines is 2. The number of hydrogen-bond donors (Lipinski definition) is 3. The van der Waals surface area contributed by atoms with Crippen molar-refractivity contribution in [2.45, 2.75) is 43.8 Å². The third-order valence-corrected chi connectivity index (χ3v) is 11.3. The average molecular weight is 763 g/mol. The van der Waals surface area contributed by atoms with E-state index < -0.39 is 12.1 Å². The first-order chi connectivity index (χ1) is 27.7. The van der Waals surface area contributed by atoms with Crippen LogP contribution in [0, 0.1) is 0 Å². The Hall–Kier alpha value is -6.69. The Bertz CT molecular complexity index is 2350. The minimum Gasteiger partial charge on any atom is -0.465 e. The highest BCUT2D eigenvalue weighted by Gasteiger charge is 2.39. The summed E-state index contributed by atoms with van der Waals surface area (Å²) < 4.78 is 0. The van der Waals surface area contributed by atoms with Gasteiger partial charge in [-0.1, -0.05) is 78.9 Å². The molecule has 0 aliphatic carbocycles. The molecule has 290 valence electrons. The molecule has 4 aromatic carbocycles. The Morgan fingerprint density at radius 2 is 1.16 bits per heavy atom. The van der Waals surface area contributed by atoms with Crippen LogP contribution in [-0.2, 0) is 4.79 Å². The first-order valence-corrected chi connectivity index (χ1v) is 19.4. The van der Waals surface area contributed by atoms with Gasteiger partial charge in [-0.15, -0.1) is 0 Å². The van der Waals surface area contributed by atoms with E-state index in [0.717, 1.165) is 75.7 Å². The number of carbonyl (C=O) groups excluding carboxylic acids is 2. The molecule has 2 aromatic heterocycles. The number of imidazole rings is 2. The van der Waals surface area contributed by atoms with Crippen molar-refractivity contribution in [3.05, 3.63) is 138 Å². The van der Waals surface area contributed by atoms with Crippen molar-refractivity contribution in [1.29, 1.82) is 0 Å². The topological polar surface area (TPSA) is 142 Å². The highest BCUT2D eigenvalue weighted by Crippen LogP contribution is 2.37. The van der Waals surface area contributed by atoms with Gasteiger partial charge in [0.05, 0.1) is 35.9 Å². The molecule has 0 spiro atoms. The summed E-state index contributed by atoms with van der Waals surface area (Å²) in [7, 11) is 5.40. The van der Waals surface area contributed by atoms with E-state index in [0.29, 0.717) is 30.0 Å². The van der Waals surface area contributed by atoms with E-state index in [9.17, 15) is 19.5 Å². The van der Waals surface area contributed by atoms with Gasteiger partial charge in [-0.25, -0.2) is 14.8 Å². The zero-order chi connectivity index (χ0) is 39.6. The lowest BCUT2D eigenvalue weighted by Gasteiger charge is -2.32. The minimum atomic E-state index is -1.16. The molecule has 0 bridgehead atoms. The first kappa shape index (κ1) is 37.2. The van der Waals surface area contributed by atoms with E-state index >= 15 is 0 Å². The van der Waals surface area contributed by atoms with E-state index in [4.69, 9.17) is 9.97 Å². The molecule has 0 saturated carbocycles. The number of nitrogens with one attached hydrogen (secondary N) is 2. The minimum absolute atomic E-state index is 0.0245. The molecular weight excluding hydrogens is 717 g/mol. The number of anilines is 1. The molecular formula is C45H46N8O4. The molecule has 3 atom stereocenters. The van der Waals surface area contributed by atoms with Crippen LogP contribution in [-0.4, -0.2) is 91.9 Å². The van der Waals surface area contributed by atoms with Gasteiger partial charge in [-0.2, -0.15) is 0 Å².